The molecule has 1 aromatic rings. The molecule has 0 spiro atoms. The van der Waals surface area contributed by atoms with Gasteiger partial charge in [0.05, 0.1) is 18.7 Å². The number of hydrogen-bond donors (Lipinski definition) is 2. The quantitative estimate of drug-likeness (QED) is 0.814. The van der Waals surface area contributed by atoms with Crippen LogP contribution in [0.4, 0.5) is 0 Å². The first-order valence-corrected chi connectivity index (χ1v) is 7.75. The smallest absolute Gasteiger partial charge is 0.329 e. The average Bonchev–Trinajstić information content (AvgIpc) is 3.13. The van der Waals surface area contributed by atoms with Crippen molar-refractivity contribution in [3.8, 4) is 0 Å². The second kappa shape index (κ2) is 5.72. The third kappa shape index (κ3) is 3.09. The van der Waals surface area contributed by atoms with Crippen LogP contribution in [0.3, 0.4) is 0 Å². The van der Waals surface area contributed by atoms with Crippen molar-refractivity contribution >= 4 is 17.8 Å². The number of carboxylic acids is 1. The van der Waals surface area contributed by atoms with Crippen LogP contribution in [0.2, 0.25) is 0 Å². The van der Waals surface area contributed by atoms with Crippen LogP contribution >= 0.6 is 0 Å². The van der Waals surface area contributed by atoms with E-state index in [2.05, 4.69) is 5.32 Å². The topological polar surface area (TPSA) is 99.9 Å². The molecule has 7 heteroatoms. The van der Waals surface area contributed by atoms with Gasteiger partial charge in [0.2, 0.25) is 11.8 Å². The number of carboxylic acid groups (broad SMARTS) is 1. The molecule has 124 valence electrons. The Labute approximate surface area is 133 Å². The van der Waals surface area contributed by atoms with Gasteiger partial charge in [0.25, 0.3) is 0 Å². The summed E-state index contributed by atoms with van der Waals surface area (Å²) in [6.07, 6.45) is 3.25. The highest BCUT2D eigenvalue weighted by Gasteiger charge is 2.49. The number of hydrogen-bond acceptors (Lipinski definition) is 4. The lowest BCUT2D eigenvalue weighted by atomic mass is 9.94. The van der Waals surface area contributed by atoms with Crippen molar-refractivity contribution in [3.63, 3.8) is 0 Å². The maximum Gasteiger partial charge on any atom is 0.329 e. The Balaban J connectivity index is 1.62. The van der Waals surface area contributed by atoms with E-state index < -0.39 is 17.4 Å². The molecule has 2 N–H and O–H groups in total. The second-order valence-electron chi connectivity index (χ2n) is 6.53. The van der Waals surface area contributed by atoms with E-state index in [1.54, 1.807) is 24.0 Å². The van der Waals surface area contributed by atoms with E-state index in [0.29, 0.717) is 12.3 Å². The first-order chi connectivity index (χ1) is 10.9. The molecule has 1 saturated carbocycles. The van der Waals surface area contributed by atoms with Gasteiger partial charge in [0, 0.05) is 13.0 Å². The third-order valence-electron chi connectivity index (χ3n) is 4.73. The van der Waals surface area contributed by atoms with Crippen molar-refractivity contribution < 1.29 is 23.9 Å². The number of aliphatic carboxylic acids is 1. The van der Waals surface area contributed by atoms with Crippen LogP contribution in [-0.2, 0) is 20.9 Å². The first kappa shape index (κ1) is 15.6. The van der Waals surface area contributed by atoms with E-state index in [1.807, 2.05) is 0 Å². The van der Waals surface area contributed by atoms with Gasteiger partial charge in [0.15, 0.2) is 0 Å². The molecule has 1 saturated heterocycles. The number of amides is 2. The molecule has 2 amide bonds. The Morgan fingerprint density at radius 3 is 2.78 bits per heavy atom. The zero-order valence-electron chi connectivity index (χ0n) is 12.9. The molecular formula is C16H20N2O5. The molecule has 2 atom stereocenters. The monoisotopic (exact) mass is 320 g/mol. The van der Waals surface area contributed by atoms with Gasteiger partial charge in [-0.15, -0.1) is 0 Å². The van der Waals surface area contributed by atoms with Crippen LogP contribution in [0.25, 0.3) is 0 Å². The Kier molecular flexibility index (Phi) is 3.87. The lowest BCUT2D eigenvalue weighted by molar-refractivity contribution is -0.148. The Morgan fingerprint density at radius 2 is 2.22 bits per heavy atom. The van der Waals surface area contributed by atoms with Gasteiger partial charge in [-0.3, -0.25) is 9.59 Å². The van der Waals surface area contributed by atoms with Gasteiger partial charge < -0.3 is 19.7 Å². The van der Waals surface area contributed by atoms with Crippen molar-refractivity contribution in [2.24, 2.45) is 11.8 Å². The summed E-state index contributed by atoms with van der Waals surface area (Å²) >= 11 is 0. The highest BCUT2D eigenvalue weighted by Crippen LogP contribution is 2.40. The van der Waals surface area contributed by atoms with Gasteiger partial charge in [-0.25, -0.2) is 4.79 Å². The summed E-state index contributed by atoms with van der Waals surface area (Å²) in [4.78, 5) is 37.5. The van der Waals surface area contributed by atoms with E-state index in [4.69, 9.17) is 4.42 Å². The standard InChI is InChI=1S/C16H20N2O5/c1-16(15(21)22,11-4-5-11)17-14(20)10-7-13(19)18(8-10)9-12-3-2-6-23-12/h2-3,6,10-11H,4-5,7-9H2,1H3,(H,17,20)(H,21,22)/t10-,16-/m0/s1. The van der Waals surface area contributed by atoms with Crippen LogP contribution in [0.15, 0.2) is 22.8 Å². The first-order valence-electron chi connectivity index (χ1n) is 7.75. The summed E-state index contributed by atoms with van der Waals surface area (Å²) in [6, 6.07) is 3.52. The number of likely N-dealkylation sites (tertiary alicyclic amines) is 1. The van der Waals surface area contributed by atoms with Crippen molar-refractivity contribution in [2.75, 3.05) is 6.54 Å². The molecule has 1 aliphatic heterocycles. The fourth-order valence-corrected chi connectivity index (χ4v) is 3.04. The van der Waals surface area contributed by atoms with E-state index in [-0.39, 0.29) is 30.7 Å². The second-order valence-corrected chi connectivity index (χ2v) is 6.53. The normalized spacial score (nSPS) is 23.6. The molecule has 0 radical (unpaired) electrons. The molecule has 1 aliphatic carbocycles. The minimum Gasteiger partial charge on any atom is -0.480 e. The summed E-state index contributed by atoms with van der Waals surface area (Å²) in [5.74, 6) is -1.39. The number of nitrogens with zero attached hydrogens (tertiary/aromatic N) is 1. The molecule has 2 aliphatic rings. The molecule has 0 aromatic carbocycles. The number of furan rings is 1. The maximum absolute atomic E-state index is 12.4. The van der Waals surface area contributed by atoms with Gasteiger partial charge in [-0.1, -0.05) is 0 Å². The Bertz CT molecular complexity index is 622. The fourth-order valence-electron chi connectivity index (χ4n) is 3.04. The van der Waals surface area contributed by atoms with Crippen molar-refractivity contribution in [1.82, 2.24) is 10.2 Å². The van der Waals surface area contributed by atoms with Crippen molar-refractivity contribution in [3.05, 3.63) is 24.2 Å². The predicted octanol–water partition coefficient (Wildman–Crippen LogP) is 0.998. The van der Waals surface area contributed by atoms with Crippen LogP contribution in [0.5, 0.6) is 0 Å². The van der Waals surface area contributed by atoms with E-state index in [0.717, 1.165) is 12.8 Å². The van der Waals surface area contributed by atoms with Crippen molar-refractivity contribution in [1.29, 1.82) is 0 Å². The van der Waals surface area contributed by atoms with E-state index in [1.165, 1.54) is 6.26 Å². The summed E-state index contributed by atoms with van der Waals surface area (Å²) in [7, 11) is 0. The molecule has 23 heavy (non-hydrogen) atoms. The highest BCUT2D eigenvalue weighted by molar-refractivity contribution is 5.92. The summed E-state index contributed by atoms with van der Waals surface area (Å²) < 4.78 is 5.22. The van der Waals surface area contributed by atoms with Crippen LogP contribution in [0, 0.1) is 11.8 Å². The zero-order chi connectivity index (χ0) is 16.6. The Hall–Kier alpha value is -2.31. The largest absolute Gasteiger partial charge is 0.480 e. The minimum atomic E-state index is -1.24. The number of carbonyl (C=O) groups is 3. The lowest BCUT2D eigenvalue weighted by Crippen LogP contribution is -2.55. The molecule has 2 fully saturated rings. The Morgan fingerprint density at radius 1 is 1.48 bits per heavy atom. The molecule has 1 aromatic heterocycles. The van der Waals surface area contributed by atoms with Crippen LogP contribution in [-0.4, -0.2) is 39.9 Å². The SMILES string of the molecule is C[C@@](NC(=O)[C@H]1CC(=O)N(Cc2ccco2)C1)(C(=O)O)C1CC1. The van der Waals surface area contributed by atoms with Crippen molar-refractivity contribution in [2.45, 2.75) is 38.3 Å². The number of rotatable bonds is 6. The maximum atomic E-state index is 12.4. The summed E-state index contributed by atoms with van der Waals surface area (Å²) in [5, 5.41) is 12.1. The molecule has 7 nitrogen and oxygen atoms in total. The lowest BCUT2D eigenvalue weighted by Gasteiger charge is -2.27. The third-order valence-corrected chi connectivity index (χ3v) is 4.73. The van der Waals surface area contributed by atoms with Crippen LogP contribution in [0.1, 0.15) is 31.9 Å². The molecular weight excluding hydrogens is 300 g/mol. The molecule has 0 unspecified atom stereocenters. The average molecular weight is 320 g/mol. The van der Waals surface area contributed by atoms with Gasteiger partial charge in [-0.2, -0.15) is 0 Å². The van der Waals surface area contributed by atoms with Gasteiger partial charge in [-0.05, 0) is 37.8 Å². The minimum absolute atomic E-state index is 0.0275. The molecule has 2 heterocycles. The molecule has 3 rings (SSSR count). The number of nitrogens with one attached hydrogen (secondary N) is 1. The molecule has 0 bridgehead atoms. The van der Waals surface area contributed by atoms with Crippen LogP contribution < -0.4 is 5.32 Å². The van der Waals surface area contributed by atoms with Gasteiger partial charge in [0.1, 0.15) is 11.3 Å². The predicted molar refractivity (Wildman–Crippen MR) is 79.1 cm³/mol. The van der Waals surface area contributed by atoms with E-state index >= 15 is 0 Å². The fraction of sp³-hybridized carbons (Fsp3) is 0.562. The zero-order valence-corrected chi connectivity index (χ0v) is 12.9. The summed E-state index contributed by atoms with van der Waals surface area (Å²) in [6.45, 7) is 2.16. The van der Waals surface area contributed by atoms with Gasteiger partial charge >= 0.3 is 5.97 Å². The number of carbonyl (C=O) groups excluding carboxylic acids is 2. The highest BCUT2D eigenvalue weighted by atomic mass is 16.4. The summed E-state index contributed by atoms with van der Waals surface area (Å²) in [5.41, 5.74) is -1.24. The van der Waals surface area contributed by atoms with E-state index in [9.17, 15) is 19.5 Å².